The molecule has 0 bridgehead atoms. The Hall–Kier alpha value is 0.935. The van der Waals surface area contributed by atoms with Gasteiger partial charge in [-0.1, -0.05) is 0 Å². The fourth-order valence-electron chi connectivity index (χ4n) is 0. The van der Waals surface area contributed by atoms with Crippen molar-refractivity contribution in [3.63, 3.8) is 0 Å². The molecule has 0 atom stereocenters. The Kier molecular flexibility index (Phi) is 847. The van der Waals surface area contributed by atoms with E-state index in [1.807, 2.05) is 0 Å². The molecule has 0 spiro atoms. The minimum absolute atomic E-state index is 0. The monoisotopic (exact) mass is 119 g/mol. The zero-order valence-corrected chi connectivity index (χ0v) is 4.16. The van der Waals surface area contributed by atoms with E-state index in [0.717, 1.165) is 0 Å². The third kappa shape index (κ3) is 12.6. The Labute approximate surface area is 47.6 Å². The van der Waals surface area contributed by atoms with Crippen molar-refractivity contribution in [1.82, 2.24) is 0 Å². The summed E-state index contributed by atoms with van der Waals surface area (Å²) >= 11 is 0. The van der Waals surface area contributed by atoms with E-state index in [-0.39, 0.29) is 47.1 Å². The van der Waals surface area contributed by atoms with Gasteiger partial charge in [0, 0.05) is 8.41 Å². The van der Waals surface area contributed by atoms with Crippen molar-refractivity contribution in [2.24, 2.45) is 0 Å². The average Bonchev–Trinajstić information content (AvgIpc) is 0. The standard InChI is InChI=1S/B.3ClH/h;3*1H. The fourth-order valence-corrected chi connectivity index (χ4v) is 0. The van der Waals surface area contributed by atoms with Gasteiger partial charge >= 0.3 is 1.43 Å². The highest BCUT2D eigenvalue weighted by Crippen LogP contribution is 0.691. The summed E-state index contributed by atoms with van der Waals surface area (Å²) in [5.74, 6) is 0. The average molecular weight is 120 g/mol. The molecule has 0 aliphatic rings. The Morgan fingerprint density at radius 2 is 1.00 bits per heavy atom. The van der Waals surface area contributed by atoms with Gasteiger partial charge in [0.25, 0.3) is 0 Å². The molecule has 0 aromatic rings. The summed E-state index contributed by atoms with van der Waals surface area (Å²) in [4.78, 5) is 0. The first-order chi connectivity index (χ1) is 0. The molecule has 0 aliphatic carbocycles. The normalized spacial score (nSPS) is 0. The molecule has 0 aromatic carbocycles. The van der Waals surface area contributed by atoms with Crippen LogP contribution in [0.2, 0.25) is 0 Å². The first-order valence-corrected chi connectivity index (χ1v) is 0. The van der Waals surface area contributed by atoms with E-state index in [9.17, 15) is 0 Å². The summed E-state index contributed by atoms with van der Waals surface area (Å²) < 4.78 is 0. The van der Waals surface area contributed by atoms with Crippen LogP contribution in [0.5, 0.6) is 0 Å². The molecule has 0 fully saturated rings. The minimum Gasteiger partial charge on any atom is -1.00 e. The van der Waals surface area contributed by atoms with E-state index in [4.69, 9.17) is 0 Å². The Balaban J connectivity index is 0. The van der Waals surface area contributed by atoms with Crippen LogP contribution in [0.4, 0.5) is 0 Å². The van der Waals surface area contributed by atoms with Gasteiger partial charge in [-0.15, -0.1) is 24.8 Å². The molecular weight excluding hydrogens is 117 g/mol. The van der Waals surface area contributed by atoms with Gasteiger partial charge < -0.3 is 12.4 Å². The lowest BCUT2D eigenvalue weighted by Gasteiger charge is -1.00. The first-order valence-electron chi connectivity index (χ1n) is 0. The van der Waals surface area contributed by atoms with Crippen molar-refractivity contribution in [2.45, 2.75) is 0 Å². The molecule has 27 valence electrons. The Morgan fingerprint density at radius 3 is 1.00 bits per heavy atom. The molecule has 0 heterocycles. The van der Waals surface area contributed by atoms with Gasteiger partial charge in [-0.3, -0.25) is 0 Å². The molecule has 0 saturated heterocycles. The fraction of sp³-hybridized carbons (Fsp3) is 0. The van der Waals surface area contributed by atoms with Crippen LogP contribution in [-0.2, 0) is 0 Å². The van der Waals surface area contributed by atoms with Gasteiger partial charge in [0.2, 0.25) is 0 Å². The Bertz CT molecular complexity index is 6.85. The van der Waals surface area contributed by atoms with Crippen LogP contribution >= 0.6 is 24.8 Å². The maximum atomic E-state index is 0. The van der Waals surface area contributed by atoms with Crippen LogP contribution in [0.25, 0.3) is 0 Å². The van der Waals surface area contributed by atoms with Crippen LogP contribution in [0.1, 0.15) is 1.43 Å². The Morgan fingerprint density at radius 1 is 1.00 bits per heavy atom. The zero-order valence-electron chi connectivity index (χ0n) is 2.77. The van der Waals surface area contributed by atoms with E-state index in [1.54, 1.807) is 0 Å². The van der Waals surface area contributed by atoms with E-state index in [2.05, 4.69) is 0 Å². The molecule has 0 rings (SSSR count). The maximum Gasteiger partial charge on any atom is 1.00 e. The highest BCUT2D eigenvalue weighted by molar-refractivity contribution is 5.85. The third-order valence-electron chi connectivity index (χ3n) is 0. The molecule has 4 heavy (non-hydrogen) atoms. The van der Waals surface area contributed by atoms with Gasteiger partial charge in [0.1, 0.15) is 0 Å². The highest BCUT2D eigenvalue weighted by atomic mass is 35.5. The summed E-state index contributed by atoms with van der Waals surface area (Å²) in [6.45, 7) is 0. The predicted octanol–water partition coefficient (Wildman–Crippen LogP) is -2.42. The lowest BCUT2D eigenvalue weighted by atomic mass is 10.8. The molecule has 0 nitrogen and oxygen atoms in total. The summed E-state index contributed by atoms with van der Waals surface area (Å²) in [7, 11) is 0. The van der Waals surface area contributed by atoms with Crippen LogP contribution in [0.15, 0.2) is 0 Å². The number of hydrogen-bond donors (Lipinski definition) is 0. The van der Waals surface area contributed by atoms with Gasteiger partial charge in [-0.25, -0.2) is 0 Å². The molecule has 0 unspecified atom stereocenters. The van der Waals surface area contributed by atoms with Crippen LogP contribution in [0, 0.1) is 0 Å². The quantitative estimate of drug-likeness (QED) is 0.312. The van der Waals surface area contributed by atoms with Crippen molar-refractivity contribution in [3.8, 4) is 0 Å². The van der Waals surface area contributed by atoms with Crippen LogP contribution < -0.4 is 12.4 Å². The van der Waals surface area contributed by atoms with E-state index in [1.165, 1.54) is 0 Å². The summed E-state index contributed by atoms with van der Waals surface area (Å²) in [5, 5.41) is 0. The number of hydrogen-bond acceptors (Lipinski definition) is 0. The van der Waals surface area contributed by atoms with E-state index >= 15 is 0 Å². The topological polar surface area (TPSA) is 0 Å². The number of rotatable bonds is 0. The molecule has 0 aliphatic heterocycles. The molecule has 0 amide bonds. The molecule has 3 radical (unpaired) electrons. The smallest absolute Gasteiger partial charge is 1.00 e. The largest absolute Gasteiger partial charge is 1.00 e. The molecule has 4 heteroatoms. The molecule has 0 saturated carbocycles. The highest BCUT2D eigenvalue weighted by Gasteiger charge is 0.0000148. The summed E-state index contributed by atoms with van der Waals surface area (Å²) in [6.07, 6.45) is 0. The number of halogens is 3. The second kappa shape index (κ2) is 38.8. The lowest BCUT2D eigenvalue weighted by Crippen LogP contribution is -3.00. The van der Waals surface area contributed by atoms with Crippen molar-refractivity contribution >= 4 is 33.2 Å². The molecule has 0 aromatic heterocycles. The van der Waals surface area contributed by atoms with E-state index in [0.29, 0.717) is 0 Å². The third-order valence-corrected chi connectivity index (χ3v) is 0. The second-order valence-corrected chi connectivity index (χ2v) is 0. The van der Waals surface area contributed by atoms with Crippen molar-refractivity contribution in [2.75, 3.05) is 0 Å². The van der Waals surface area contributed by atoms with Crippen molar-refractivity contribution < 1.29 is 13.8 Å². The van der Waals surface area contributed by atoms with Gasteiger partial charge in [0.15, 0.2) is 0 Å². The summed E-state index contributed by atoms with van der Waals surface area (Å²) in [6, 6.07) is 0. The molecular formula is H3BCl3. The van der Waals surface area contributed by atoms with Crippen LogP contribution in [-0.4, -0.2) is 8.41 Å². The molecule has 0 N–H and O–H groups in total. The van der Waals surface area contributed by atoms with Crippen LogP contribution in [0.3, 0.4) is 0 Å². The first kappa shape index (κ1) is 87.4. The summed E-state index contributed by atoms with van der Waals surface area (Å²) in [5.41, 5.74) is 0. The van der Waals surface area contributed by atoms with Crippen molar-refractivity contribution in [3.05, 3.63) is 0 Å². The lowest BCUT2D eigenvalue weighted by molar-refractivity contribution is -0.000000515. The SMILES string of the molecule is Cl.Cl.[B].[Cl-].[H+]. The minimum atomic E-state index is 0. The zero-order chi connectivity index (χ0) is 0. The maximum absolute atomic E-state index is 0. The second-order valence-electron chi connectivity index (χ2n) is 0. The van der Waals surface area contributed by atoms with Crippen molar-refractivity contribution in [1.29, 1.82) is 0 Å². The van der Waals surface area contributed by atoms with Gasteiger partial charge in [0.05, 0.1) is 0 Å². The predicted molar refractivity (Wildman–Crippen MR) is 21.4 cm³/mol. The van der Waals surface area contributed by atoms with E-state index < -0.39 is 0 Å². The van der Waals surface area contributed by atoms with Gasteiger partial charge in [-0.05, 0) is 0 Å². The van der Waals surface area contributed by atoms with Gasteiger partial charge in [-0.2, -0.15) is 0 Å².